The van der Waals surface area contributed by atoms with Crippen LogP contribution in [0.2, 0.25) is 0 Å². The first-order valence-corrected chi connectivity index (χ1v) is 8.05. The van der Waals surface area contributed by atoms with Crippen molar-refractivity contribution in [2.45, 2.75) is 19.4 Å². The number of hydrogen-bond acceptors (Lipinski definition) is 5. The molecule has 0 bridgehead atoms. The smallest absolute Gasteiger partial charge is 0.273 e. The van der Waals surface area contributed by atoms with Gasteiger partial charge in [0.1, 0.15) is 16.5 Å². The number of nitrogens with two attached hydrogens (primary N) is 1. The number of carbonyl (C=O) groups excluding carboxylic acids is 1. The van der Waals surface area contributed by atoms with Gasteiger partial charge in [0.2, 0.25) is 0 Å². The molecule has 0 fully saturated rings. The van der Waals surface area contributed by atoms with E-state index in [1.807, 2.05) is 12.1 Å². The van der Waals surface area contributed by atoms with E-state index >= 15 is 0 Å². The van der Waals surface area contributed by atoms with Gasteiger partial charge in [-0.1, -0.05) is 12.1 Å². The number of amides is 1. The molecule has 1 heterocycles. The molecule has 0 aliphatic rings. The highest BCUT2D eigenvalue weighted by molar-refractivity contribution is 7.09. The highest BCUT2D eigenvalue weighted by atomic mass is 32.1. The van der Waals surface area contributed by atoms with Crippen LogP contribution in [0.4, 0.5) is 0 Å². The molecule has 0 atom stereocenters. The topological polar surface area (TPSA) is 68.5 Å². The monoisotopic (exact) mass is 319 g/mol. The summed E-state index contributed by atoms with van der Waals surface area (Å²) in [5, 5.41) is 2.56. The quantitative estimate of drug-likeness (QED) is 0.850. The summed E-state index contributed by atoms with van der Waals surface area (Å²) < 4.78 is 5.14. The number of nitrogens with zero attached hydrogens (tertiary/aromatic N) is 2. The average molecular weight is 319 g/mol. The SMILES string of the molecule is COc1ccc(CCCN(C)C(=O)c2csc(CN)n2)cc1. The Morgan fingerprint density at radius 3 is 2.68 bits per heavy atom. The molecule has 0 unspecified atom stereocenters. The van der Waals surface area contributed by atoms with Crippen LogP contribution >= 0.6 is 11.3 Å². The molecule has 0 aliphatic carbocycles. The molecule has 22 heavy (non-hydrogen) atoms. The first kappa shape index (κ1) is 16.5. The minimum atomic E-state index is -0.0503. The van der Waals surface area contributed by atoms with Crippen molar-refractivity contribution in [1.82, 2.24) is 9.88 Å². The van der Waals surface area contributed by atoms with Crippen LogP contribution in [-0.4, -0.2) is 36.5 Å². The highest BCUT2D eigenvalue weighted by Crippen LogP contribution is 2.14. The number of methoxy groups -OCH3 is 1. The van der Waals surface area contributed by atoms with Crippen LogP contribution < -0.4 is 10.5 Å². The van der Waals surface area contributed by atoms with Gasteiger partial charge in [-0.15, -0.1) is 11.3 Å². The second-order valence-electron chi connectivity index (χ2n) is 5.01. The molecule has 1 amide bonds. The van der Waals surface area contributed by atoms with E-state index in [9.17, 15) is 4.79 Å². The summed E-state index contributed by atoms with van der Waals surface area (Å²) in [5.74, 6) is 0.806. The molecule has 1 aromatic heterocycles. The summed E-state index contributed by atoms with van der Waals surface area (Å²) in [5.41, 5.74) is 7.24. The molecule has 0 saturated heterocycles. The standard InChI is InChI=1S/C16H21N3O2S/c1-19(16(20)14-11-22-15(10-17)18-14)9-3-4-12-5-7-13(21-2)8-6-12/h5-8,11H,3-4,9-10,17H2,1-2H3. The summed E-state index contributed by atoms with van der Waals surface area (Å²) in [6.07, 6.45) is 1.83. The number of hydrogen-bond donors (Lipinski definition) is 1. The van der Waals surface area contributed by atoms with E-state index in [2.05, 4.69) is 17.1 Å². The molecule has 118 valence electrons. The van der Waals surface area contributed by atoms with E-state index in [-0.39, 0.29) is 5.91 Å². The van der Waals surface area contributed by atoms with Gasteiger partial charge < -0.3 is 15.4 Å². The lowest BCUT2D eigenvalue weighted by atomic mass is 10.1. The Kier molecular flexibility index (Phi) is 5.91. The largest absolute Gasteiger partial charge is 0.497 e. The number of carbonyl (C=O) groups is 1. The van der Waals surface area contributed by atoms with Crippen LogP contribution in [0.3, 0.4) is 0 Å². The Balaban J connectivity index is 1.81. The van der Waals surface area contributed by atoms with Crippen molar-refractivity contribution < 1.29 is 9.53 Å². The van der Waals surface area contributed by atoms with Gasteiger partial charge in [0, 0.05) is 25.5 Å². The van der Waals surface area contributed by atoms with Crippen molar-refractivity contribution in [3.8, 4) is 5.75 Å². The lowest BCUT2D eigenvalue weighted by Crippen LogP contribution is -2.28. The molecular weight excluding hydrogens is 298 g/mol. The predicted molar refractivity (Wildman–Crippen MR) is 88.3 cm³/mol. The second-order valence-corrected chi connectivity index (χ2v) is 5.95. The third kappa shape index (κ3) is 4.29. The normalized spacial score (nSPS) is 10.5. The molecule has 0 radical (unpaired) electrons. The van der Waals surface area contributed by atoms with Gasteiger partial charge in [-0.2, -0.15) is 0 Å². The molecule has 0 saturated carbocycles. The lowest BCUT2D eigenvalue weighted by Gasteiger charge is -2.15. The van der Waals surface area contributed by atoms with E-state index < -0.39 is 0 Å². The summed E-state index contributed by atoms with van der Waals surface area (Å²) in [6, 6.07) is 8.00. The number of aryl methyl sites for hydroxylation is 1. The van der Waals surface area contributed by atoms with Gasteiger partial charge in [0.05, 0.1) is 7.11 Å². The zero-order valence-corrected chi connectivity index (χ0v) is 13.7. The molecule has 5 nitrogen and oxygen atoms in total. The number of aromatic nitrogens is 1. The predicted octanol–water partition coefficient (Wildman–Crippen LogP) is 2.32. The van der Waals surface area contributed by atoms with Gasteiger partial charge >= 0.3 is 0 Å². The number of benzene rings is 1. The van der Waals surface area contributed by atoms with E-state index in [0.29, 0.717) is 18.8 Å². The lowest BCUT2D eigenvalue weighted by molar-refractivity contribution is 0.0788. The number of rotatable bonds is 7. The summed E-state index contributed by atoms with van der Waals surface area (Å²) in [7, 11) is 3.46. The summed E-state index contributed by atoms with van der Waals surface area (Å²) in [4.78, 5) is 18.1. The summed E-state index contributed by atoms with van der Waals surface area (Å²) >= 11 is 1.42. The summed E-state index contributed by atoms with van der Waals surface area (Å²) in [6.45, 7) is 1.07. The maximum atomic E-state index is 12.2. The zero-order chi connectivity index (χ0) is 15.9. The van der Waals surface area contributed by atoms with Crippen molar-refractivity contribution in [3.63, 3.8) is 0 Å². The van der Waals surface area contributed by atoms with E-state index in [1.165, 1.54) is 16.9 Å². The Hall–Kier alpha value is -1.92. The maximum Gasteiger partial charge on any atom is 0.273 e. The first-order valence-electron chi connectivity index (χ1n) is 7.17. The van der Waals surface area contributed by atoms with Crippen LogP contribution in [0.15, 0.2) is 29.6 Å². The highest BCUT2D eigenvalue weighted by Gasteiger charge is 2.14. The minimum absolute atomic E-state index is 0.0503. The van der Waals surface area contributed by atoms with E-state index in [1.54, 1.807) is 24.4 Å². The zero-order valence-electron chi connectivity index (χ0n) is 12.9. The molecule has 1 aromatic carbocycles. The third-order valence-corrected chi connectivity index (χ3v) is 4.28. The van der Waals surface area contributed by atoms with Crippen molar-refractivity contribution in [2.75, 3.05) is 20.7 Å². The Bertz CT molecular complexity index is 610. The molecule has 0 aliphatic heterocycles. The van der Waals surface area contributed by atoms with E-state index in [0.717, 1.165) is 23.6 Å². The van der Waals surface area contributed by atoms with Crippen LogP contribution in [0.1, 0.15) is 27.5 Å². The van der Waals surface area contributed by atoms with Gasteiger partial charge in [-0.05, 0) is 30.5 Å². The Morgan fingerprint density at radius 2 is 2.09 bits per heavy atom. The fourth-order valence-corrected chi connectivity index (χ4v) is 2.76. The van der Waals surface area contributed by atoms with Crippen molar-refractivity contribution >= 4 is 17.2 Å². The minimum Gasteiger partial charge on any atom is -0.497 e. The van der Waals surface area contributed by atoms with Crippen molar-refractivity contribution in [1.29, 1.82) is 0 Å². The maximum absolute atomic E-state index is 12.2. The van der Waals surface area contributed by atoms with Crippen LogP contribution in [0, 0.1) is 0 Å². The first-order chi connectivity index (χ1) is 10.6. The molecular formula is C16H21N3O2S. The fraction of sp³-hybridized carbons (Fsp3) is 0.375. The van der Waals surface area contributed by atoms with Crippen molar-refractivity contribution in [2.24, 2.45) is 5.73 Å². The number of thiazole rings is 1. The van der Waals surface area contributed by atoms with Crippen LogP contribution in [-0.2, 0) is 13.0 Å². The molecule has 6 heteroatoms. The molecule has 0 spiro atoms. The van der Waals surface area contributed by atoms with Gasteiger partial charge in [-0.3, -0.25) is 4.79 Å². The Labute approximate surface area is 134 Å². The number of ether oxygens (including phenoxy) is 1. The second kappa shape index (κ2) is 7.91. The van der Waals surface area contributed by atoms with Crippen LogP contribution in [0.25, 0.3) is 0 Å². The Morgan fingerprint density at radius 1 is 1.36 bits per heavy atom. The molecule has 2 aromatic rings. The fourth-order valence-electron chi connectivity index (χ4n) is 2.11. The van der Waals surface area contributed by atoms with Crippen molar-refractivity contribution in [3.05, 3.63) is 45.9 Å². The van der Waals surface area contributed by atoms with Gasteiger partial charge in [0.15, 0.2) is 0 Å². The van der Waals surface area contributed by atoms with Gasteiger partial charge in [-0.25, -0.2) is 4.98 Å². The van der Waals surface area contributed by atoms with E-state index in [4.69, 9.17) is 10.5 Å². The van der Waals surface area contributed by atoms with Crippen LogP contribution in [0.5, 0.6) is 5.75 Å². The third-order valence-electron chi connectivity index (χ3n) is 3.41. The molecule has 2 rings (SSSR count). The average Bonchev–Trinajstić information content (AvgIpc) is 3.03. The van der Waals surface area contributed by atoms with Gasteiger partial charge in [0.25, 0.3) is 5.91 Å². The molecule has 2 N–H and O–H groups in total.